The Morgan fingerprint density at radius 2 is 2.16 bits per heavy atom. The zero-order valence-electron chi connectivity index (χ0n) is 13.9. The number of thiazole rings is 1. The minimum Gasteiger partial charge on any atom is -0.493 e. The van der Waals surface area contributed by atoms with Gasteiger partial charge in [0.15, 0.2) is 11.5 Å². The number of esters is 1. The van der Waals surface area contributed by atoms with Crippen molar-refractivity contribution in [3.63, 3.8) is 0 Å². The van der Waals surface area contributed by atoms with Crippen LogP contribution in [0.5, 0.6) is 11.5 Å². The molecule has 25 heavy (non-hydrogen) atoms. The Labute approximate surface area is 149 Å². The van der Waals surface area contributed by atoms with E-state index in [1.807, 2.05) is 30.5 Å². The molecule has 0 bridgehead atoms. The molecule has 130 valence electrons. The quantitative estimate of drug-likeness (QED) is 0.590. The van der Waals surface area contributed by atoms with Crippen molar-refractivity contribution in [1.29, 1.82) is 0 Å². The number of benzene rings is 1. The molecule has 0 unspecified atom stereocenters. The molecule has 0 spiro atoms. The van der Waals surface area contributed by atoms with Gasteiger partial charge in [-0.1, -0.05) is 0 Å². The Balaban J connectivity index is 1.69. The van der Waals surface area contributed by atoms with E-state index in [1.54, 1.807) is 13.2 Å². The number of rotatable bonds is 7. The largest absolute Gasteiger partial charge is 0.493 e. The van der Waals surface area contributed by atoms with E-state index >= 15 is 0 Å². The molecule has 0 amide bonds. The maximum absolute atomic E-state index is 11.8. The second-order valence-electron chi connectivity index (χ2n) is 5.03. The van der Waals surface area contributed by atoms with E-state index < -0.39 is 5.97 Å². The van der Waals surface area contributed by atoms with Gasteiger partial charge in [-0.05, 0) is 31.2 Å². The molecule has 2 aromatic heterocycles. The highest BCUT2D eigenvalue weighted by Gasteiger charge is 2.12. The van der Waals surface area contributed by atoms with E-state index in [4.69, 9.17) is 18.6 Å². The summed E-state index contributed by atoms with van der Waals surface area (Å²) in [6.45, 7) is 2.60. The van der Waals surface area contributed by atoms with E-state index in [9.17, 15) is 4.79 Å². The molecule has 0 saturated heterocycles. The van der Waals surface area contributed by atoms with Gasteiger partial charge in [0.05, 0.1) is 31.2 Å². The van der Waals surface area contributed by atoms with Gasteiger partial charge in [-0.15, -0.1) is 11.3 Å². The molecular formula is C18H17NO5S. The Bertz CT molecular complexity index is 841. The van der Waals surface area contributed by atoms with Crippen molar-refractivity contribution >= 4 is 17.3 Å². The molecule has 3 rings (SSSR count). The van der Waals surface area contributed by atoms with Crippen LogP contribution in [-0.4, -0.2) is 24.7 Å². The average molecular weight is 359 g/mol. The first-order valence-electron chi connectivity index (χ1n) is 7.66. The molecular weight excluding hydrogens is 342 g/mol. The minimum atomic E-state index is -0.439. The lowest BCUT2D eigenvalue weighted by molar-refractivity contribution is 0.0467. The lowest BCUT2D eigenvalue weighted by Crippen LogP contribution is -2.04. The van der Waals surface area contributed by atoms with Crippen LogP contribution in [0.1, 0.15) is 23.0 Å². The highest BCUT2D eigenvalue weighted by Crippen LogP contribution is 2.33. The molecule has 2 heterocycles. The van der Waals surface area contributed by atoms with Crippen molar-refractivity contribution in [3.05, 3.63) is 53.4 Å². The summed E-state index contributed by atoms with van der Waals surface area (Å²) >= 11 is 1.47. The fourth-order valence-corrected chi connectivity index (χ4v) is 2.99. The maximum atomic E-state index is 11.8. The number of hydrogen-bond acceptors (Lipinski definition) is 7. The number of ether oxygens (including phenoxy) is 3. The number of carbonyl (C=O) groups is 1. The third kappa shape index (κ3) is 4.00. The van der Waals surface area contributed by atoms with E-state index in [0.29, 0.717) is 29.4 Å². The van der Waals surface area contributed by atoms with Gasteiger partial charge in [-0.2, -0.15) is 0 Å². The molecule has 0 saturated carbocycles. The summed E-state index contributed by atoms with van der Waals surface area (Å²) in [5, 5.41) is 2.68. The maximum Gasteiger partial charge on any atom is 0.341 e. The smallest absolute Gasteiger partial charge is 0.341 e. The summed E-state index contributed by atoms with van der Waals surface area (Å²) in [6.07, 6.45) is 2.78. The topological polar surface area (TPSA) is 70.8 Å². The highest BCUT2D eigenvalue weighted by molar-refractivity contribution is 7.13. The van der Waals surface area contributed by atoms with Gasteiger partial charge in [0.2, 0.25) is 0 Å². The normalized spacial score (nSPS) is 10.5. The molecule has 3 aromatic rings. The average Bonchev–Trinajstić information content (AvgIpc) is 3.32. The van der Waals surface area contributed by atoms with Crippen LogP contribution in [-0.2, 0) is 11.3 Å². The standard InChI is InChI=1S/C18H17NO5S/c1-3-23-15-5-4-12(8-16(15)21-2)17-19-14(11-25-17)10-24-18(20)13-6-7-22-9-13/h4-9,11H,3,10H2,1-2H3. The number of carbonyl (C=O) groups excluding carboxylic acids is 1. The zero-order chi connectivity index (χ0) is 17.6. The van der Waals surface area contributed by atoms with Crippen LogP contribution in [0.25, 0.3) is 10.6 Å². The van der Waals surface area contributed by atoms with Gasteiger partial charge in [0, 0.05) is 10.9 Å². The molecule has 7 heteroatoms. The zero-order valence-corrected chi connectivity index (χ0v) is 14.7. The highest BCUT2D eigenvalue weighted by atomic mass is 32.1. The fourth-order valence-electron chi connectivity index (χ4n) is 2.18. The molecule has 0 radical (unpaired) electrons. The van der Waals surface area contributed by atoms with Crippen molar-refractivity contribution < 1.29 is 23.4 Å². The van der Waals surface area contributed by atoms with E-state index in [2.05, 4.69) is 4.98 Å². The summed E-state index contributed by atoms with van der Waals surface area (Å²) in [5.74, 6) is 0.910. The van der Waals surface area contributed by atoms with Crippen LogP contribution in [0.2, 0.25) is 0 Å². The van der Waals surface area contributed by atoms with Crippen molar-refractivity contribution in [2.45, 2.75) is 13.5 Å². The SMILES string of the molecule is CCOc1ccc(-c2nc(COC(=O)c3ccoc3)cs2)cc1OC. The van der Waals surface area contributed by atoms with E-state index in [-0.39, 0.29) is 6.61 Å². The minimum absolute atomic E-state index is 0.106. The lowest BCUT2D eigenvalue weighted by atomic mass is 10.2. The molecule has 1 aromatic carbocycles. The van der Waals surface area contributed by atoms with Crippen LogP contribution in [0.15, 0.2) is 46.6 Å². The molecule has 0 aliphatic carbocycles. The molecule has 0 atom stereocenters. The van der Waals surface area contributed by atoms with Crippen LogP contribution >= 0.6 is 11.3 Å². The van der Waals surface area contributed by atoms with E-state index in [1.165, 1.54) is 23.9 Å². The van der Waals surface area contributed by atoms with Crippen LogP contribution < -0.4 is 9.47 Å². The number of methoxy groups -OCH3 is 1. The number of furan rings is 1. The Morgan fingerprint density at radius 3 is 2.88 bits per heavy atom. The van der Waals surface area contributed by atoms with Crippen molar-refractivity contribution in [2.75, 3.05) is 13.7 Å². The van der Waals surface area contributed by atoms with Crippen molar-refractivity contribution in [1.82, 2.24) is 4.98 Å². The predicted molar refractivity (Wildman–Crippen MR) is 93.1 cm³/mol. The van der Waals surface area contributed by atoms with E-state index in [0.717, 1.165) is 10.6 Å². The Morgan fingerprint density at radius 1 is 1.28 bits per heavy atom. The van der Waals surface area contributed by atoms with Gasteiger partial charge < -0.3 is 18.6 Å². The summed E-state index contributed by atoms with van der Waals surface area (Å²) in [6, 6.07) is 7.22. The number of hydrogen-bond donors (Lipinski definition) is 0. The first kappa shape index (κ1) is 17.0. The van der Waals surface area contributed by atoms with Crippen LogP contribution in [0.4, 0.5) is 0 Å². The van der Waals surface area contributed by atoms with Gasteiger partial charge in [0.1, 0.15) is 17.9 Å². The Kier molecular flexibility index (Phi) is 5.35. The third-order valence-corrected chi connectivity index (χ3v) is 4.31. The first-order chi connectivity index (χ1) is 12.2. The first-order valence-corrected chi connectivity index (χ1v) is 8.54. The van der Waals surface area contributed by atoms with Gasteiger partial charge >= 0.3 is 5.97 Å². The summed E-state index contributed by atoms with van der Waals surface area (Å²) in [5.41, 5.74) is 1.98. The predicted octanol–water partition coefficient (Wildman–Crippen LogP) is 4.17. The molecule has 0 fully saturated rings. The third-order valence-electron chi connectivity index (χ3n) is 3.37. The van der Waals surface area contributed by atoms with Gasteiger partial charge in [-0.3, -0.25) is 0 Å². The molecule has 6 nitrogen and oxygen atoms in total. The summed E-state index contributed by atoms with van der Waals surface area (Å²) in [7, 11) is 1.60. The monoisotopic (exact) mass is 359 g/mol. The van der Waals surface area contributed by atoms with Gasteiger partial charge in [-0.25, -0.2) is 9.78 Å². The second-order valence-corrected chi connectivity index (χ2v) is 5.89. The summed E-state index contributed by atoms with van der Waals surface area (Å²) < 4.78 is 21.0. The number of nitrogens with zero attached hydrogens (tertiary/aromatic N) is 1. The van der Waals surface area contributed by atoms with Crippen molar-refractivity contribution in [3.8, 4) is 22.1 Å². The molecule has 0 aliphatic heterocycles. The molecule has 0 aliphatic rings. The molecule has 0 N–H and O–H groups in total. The lowest BCUT2D eigenvalue weighted by Gasteiger charge is -2.09. The van der Waals surface area contributed by atoms with Gasteiger partial charge in [0.25, 0.3) is 0 Å². The van der Waals surface area contributed by atoms with Crippen LogP contribution in [0.3, 0.4) is 0 Å². The second kappa shape index (κ2) is 7.85. The summed E-state index contributed by atoms with van der Waals surface area (Å²) in [4.78, 5) is 16.3. The Hall–Kier alpha value is -2.80. The number of aromatic nitrogens is 1. The van der Waals surface area contributed by atoms with Crippen LogP contribution in [0, 0.1) is 0 Å². The fraction of sp³-hybridized carbons (Fsp3) is 0.222. The van der Waals surface area contributed by atoms with Crippen molar-refractivity contribution in [2.24, 2.45) is 0 Å².